The van der Waals surface area contributed by atoms with E-state index in [9.17, 15) is 14.0 Å². The summed E-state index contributed by atoms with van der Waals surface area (Å²) < 4.78 is 25.5. The van der Waals surface area contributed by atoms with Gasteiger partial charge in [-0.2, -0.15) is 0 Å². The molecule has 1 saturated heterocycles. The SMILES string of the molecule is COCCN1C(=O)/C(=C/c2cn(CC(=O)Nc3ccc(F)cc3)c3ccccc23)SC1=Nc1ccc(OC)cc1. The summed E-state index contributed by atoms with van der Waals surface area (Å²) in [6, 6.07) is 20.6. The third-order valence-corrected chi connectivity index (χ3v) is 7.26. The summed E-state index contributed by atoms with van der Waals surface area (Å²) in [5, 5.41) is 4.25. The quantitative estimate of drug-likeness (QED) is 0.267. The van der Waals surface area contributed by atoms with Crippen LogP contribution in [0.4, 0.5) is 15.8 Å². The van der Waals surface area contributed by atoms with Crippen molar-refractivity contribution in [3.8, 4) is 5.75 Å². The Morgan fingerprint density at radius 3 is 2.52 bits per heavy atom. The van der Waals surface area contributed by atoms with Crippen LogP contribution in [0.25, 0.3) is 17.0 Å². The number of thioether (sulfide) groups is 1. The number of amides is 2. The van der Waals surface area contributed by atoms with Crippen molar-refractivity contribution in [3.05, 3.63) is 95.3 Å². The molecule has 10 heteroatoms. The molecule has 0 aliphatic carbocycles. The maximum Gasteiger partial charge on any atom is 0.266 e. The Morgan fingerprint density at radius 2 is 1.80 bits per heavy atom. The van der Waals surface area contributed by atoms with Crippen LogP contribution < -0.4 is 10.1 Å². The molecule has 204 valence electrons. The number of carbonyl (C=O) groups excluding carboxylic acids is 2. The molecule has 2 heterocycles. The second kappa shape index (κ2) is 12.2. The summed E-state index contributed by atoms with van der Waals surface area (Å²) in [5.41, 5.74) is 2.86. The molecule has 1 N–H and O–H groups in total. The number of aliphatic imine (C=N–C) groups is 1. The third-order valence-electron chi connectivity index (χ3n) is 6.25. The van der Waals surface area contributed by atoms with Gasteiger partial charge in [-0.15, -0.1) is 0 Å². The summed E-state index contributed by atoms with van der Waals surface area (Å²) in [6.07, 6.45) is 3.69. The Labute approximate surface area is 235 Å². The zero-order chi connectivity index (χ0) is 28.1. The van der Waals surface area contributed by atoms with Crippen LogP contribution in [0.2, 0.25) is 0 Å². The Morgan fingerprint density at radius 1 is 1.05 bits per heavy atom. The van der Waals surface area contributed by atoms with Gasteiger partial charge < -0.3 is 19.4 Å². The van der Waals surface area contributed by atoms with Gasteiger partial charge in [-0.25, -0.2) is 9.38 Å². The molecule has 0 atom stereocenters. The van der Waals surface area contributed by atoms with Crippen LogP contribution in [-0.2, 0) is 20.9 Å². The van der Waals surface area contributed by atoms with E-state index in [1.54, 1.807) is 19.1 Å². The number of methoxy groups -OCH3 is 2. The van der Waals surface area contributed by atoms with E-state index < -0.39 is 0 Å². The Balaban J connectivity index is 1.43. The average Bonchev–Trinajstić information content (AvgIpc) is 3.45. The Bertz CT molecular complexity index is 1600. The number of ether oxygens (including phenoxy) is 2. The predicted molar refractivity (Wildman–Crippen MR) is 156 cm³/mol. The molecule has 1 aromatic heterocycles. The second-order valence-corrected chi connectivity index (χ2v) is 9.95. The van der Waals surface area contributed by atoms with Crippen molar-refractivity contribution in [2.24, 2.45) is 4.99 Å². The second-order valence-electron chi connectivity index (χ2n) is 8.94. The van der Waals surface area contributed by atoms with Gasteiger partial charge in [-0.1, -0.05) is 18.2 Å². The van der Waals surface area contributed by atoms with Crippen LogP contribution in [0.15, 0.2) is 88.9 Å². The minimum atomic E-state index is -0.371. The van der Waals surface area contributed by atoms with Crippen molar-refractivity contribution in [2.75, 3.05) is 32.7 Å². The fourth-order valence-electron chi connectivity index (χ4n) is 4.29. The number of carbonyl (C=O) groups is 2. The highest BCUT2D eigenvalue weighted by Gasteiger charge is 2.33. The largest absolute Gasteiger partial charge is 0.497 e. The molecule has 0 unspecified atom stereocenters. The van der Waals surface area contributed by atoms with Crippen molar-refractivity contribution >= 4 is 57.1 Å². The number of para-hydroxylation sites is 1. The molecule has 1 fully saturated rings. The van der Waals surface area contributed by atoms with E-state index in [2.05, 4.69) is 5.32 Å². The van der Waals surface area contributed by atoms with Gasteiger partial charge >= 0.3 is 0 Å². The monoisotopic (exact) mass is 558 g/mol. The lowest BCUT2D eigenvalue weighted by Gasteiger charge is -2.14. The highest BCUT2D eigenvalue weighted by molar-refractivity contribution is 8.18. The number of aromatic nitrogens is 1. The number of amidine groups is 1. The number of rotatable bonds is 9. The Kier molecular flexibility index (Phi) is 8.28. The van der Waals surface area contributed by atoms with E-state index in [-0.39, 0.29) is 24.2 Å². The van der Waals surface area contributed by atoms with E-state index in [0.717, 1.165) is 22.2 Å². The molecular formula is C30H27FN4O4S. The first-order valence-corrected chi connectivity index (χ1v) is 13.3. The van der Waals surface area contributed by atoms with Crippen LogP contribution in [-0.4, -0.2) is 53.8 Å². The van der Waals surface area contributed by atoms with Crippen molar-refractivity contribution in [2.45, 2.75) is 6.54 Å². The molecule has 2 amide bonds. The highest BCUT2D eigenvalue weighted by atomic mass is 32.2. The molecule has 4 aromatic rings. The van der Waals surface area contributed by atoms with Crippen LogP contribution in [0.3, 0.4) is 0 Å². The standard InChI is InChI=1S/C30H27FN4O4S/c1-38-16-15-35-29(37)27(40-30(35)33-23-11-13-24(39-2)14-12-23)17-20-18-34(26-6-4-3-5-25(20)26)19-28(36)32-22-9-7-21(31)8-10-22/h3-14,17-18H,15-16,19H2,1-2H3,(H,32,36)/b27-17-,33-30?. The molecule has 1 aliphatic rings. The van der Waals surface area contributed by atoms with E-state index in [0.29, 0.717) is 34.6 Å². The number of benzene rings is 3. The van der Waals surface area contributed by atoms with E-state index >= 15 is 0 Å². The van der Waals surface area contributed by atoms with Crippen LogP contribution in [0.1, 0.15) is 5.56 Å². The first-order valence-electron chi connectivity index (χ1n) is 12.5. The molecule has 5 rings (SSSR count). The summed E-state index contributed by atoms with van der Waals surface area (Å²) in [6.45, 7) is 0.774. The van der Waals surface area contributed by atoms with Gasteiger partial charge in [0, 0.05) is 35.5 Å². The minimum Gasteiger partial charge on any atom is -0.497 e. The number of hydrogen-bond acceptors (Lipinski definition) is 6. The van der Waals surface area contributed by atoms with Gasteiger partial charge in [0.05, 0.1) is 30.9 Å². The van der Waals surface area contributed by atoms with Crippen LogP contribution in [0, 0.1) is 5.82 Å². The molecule has 8 nitrogen and oxygen atoms in total. The van der Waals surface area contributed by atoms with Gasteiger partial charge in [0.1, 0.15) is 18.1 Å². The zero-order valence-corrected chi connectivity index (χ0v) is 22.8. The van der Waals surface area contributed by atoms with Gasteiger partial charge in [-0.3, -0.25) is 14.5 Å². The van der Waals surface area contributed by atoms with Crippen molar-refractivity contribution in [3.63, 3.8) is 0 Å². The zero-order valence-electron chi connectivity index (χ0n) is 22.0. The van der Waals surface area contributed by atoms with Crippen molar-refractivity contribution in [1.82, 2.24) is 9.47 Å². The summed E-state index contributed by atoms with van der Waals surface area (Å²) >= 11 is 1.29. The summed E-state index contributed by atoms with van der Waals surface area (Å²) in [5.74, 6) is -0.0687. The molecule has 0 radical (unpaired) electrons. The fourth-order valence-corrected chi connectivity index (χ4v) is 5.30. The number of nitrogens with zero attached hydrogens (tertiary/aromatic N) is 3. The van der Waals surface area contributed by atoms with Gasteiger partial charge in [0.25, 0.3) is 5.91 Å². The van der Waals surface area contributed by atoms with Crippen molar-refractivity contribution in [1.29, 1.82) is 0 Å². The lowest BCUT2D eigenvalue weighted by Crippen LogP contribution is -2.32. The lowest BCUT2D eigenvalue weighted by molar-refractivity contribution is -0.122. The van der Waals surface area contributed by atoms with Gasteiger partial charge in [-0.05, 0) is 72.4 Å². The lowest BCUT2D eigenvalue weighted by atomic mass is 10.1. The van der Waals surface area contributed by atoms with E-state index in [1.807, 2.05) is 65.4 Å². The summed E-state index contributed by atoms with van der Waals surface area (Å²) in [4.78, 5) is 33.1. The third kappa shape index (κ3) is 6.08. The highest BCUT2D eigenvalue weighted by Crippen LogP contribution is 2.36. The number of halogens is 1. The minimum absolute atomic E-state index is 0.0479. The summed E-state index contributed by atoms with van der Waals surface area (Å²) in [7, 11) is 3.19. The van der Waals surface area contributed by atoms with Crippen molar-refractivity contribution < 1.29 is 23.5 Å². The predicted octanol–water partition coefficient (Wildman–Crippen LogP) is 5.68. The number of anilines is 1. The maximum absolute atomic E-state index is 13.4. The van der Waals surface area contributed by atoms with Gasteiger partial charge in [0.2, 0.25) is 5.91 Å². The Hall–Kier alpha value is -4.41. The number of nitrogens with one attached hydrogen (secondary N) is 1. The smallest absolute Gasteiger partial charge is 0.266 e. The van der Waals surface area contributed by atoms with Crippen LogP contribution >= 0.6 is 11.8 Å². The fraction of sp³-hybridized carbons (Fsp3) is 0.167. The number of hydrogen-bond donors (Lipinski definition) is 1. The molecule has 0 bridgehead atoms. The molecular weight excluding hydrogens is 531 g/mol. The normalized spacial score (nSPS) is 15.4. The van der Waals surface area contributed by atoms with Gasteiger partial charge in [0.15, 0.2) is 5.17 Å². The number of fused-ring (bicyclic) bond motifs is 1. The molecule has 40 heavy (non-hydrogen) atoms. The average molecular weight is 559 g/mol. The molecule has 1 aliphatic heterocycles. The maximum atomic E-state index is 13.4. The van der Waals surface area contributed by atoms with E-state index in [4.69, 9.17) is 14.5 Å². The first kappa shape index (κ1) is 27.2. The van der Waals surface area contributed by atoms with Crippen LogP contribution in [0.5, 0.6) is 5.75 Å². The van der Waals surface area contributed by atoms with E-state index in [1.165, 1.54) is 36.0 Å². The molecule has 3 aromatic carbocycles. The first-order chi connectivity index (χ1) is 19.4. The topological polar surface area (TPSA) is 85.2 Å². The molecule has 0 spiro atoms. The molecule has 0 saturated carbocycles.